The van der Waals surface area contributed by atoms with Crippen LogP contribution >= 0.6 is 31.9 Å². The van der Waals surface area contributed by atoms with Crippen LogP contribution in [0.15, 0.2) is 39.4 Å². The van der Waals surface area contributed by atoms with Gasteiger partial charge in [-0.05, 0) is 34.1 Å². The molecule has 1 atom stereocenters. The second-order valence-electron chi connectivity index (χ2n) is 4.01. The maximum absolute atomic E-state index is 4.29. The van der Waals surface area contributed by atoms with Crippen molar-refractivity contribution < 1.29 is 0 Å². The Balaban J connectivity index is 2.50. The van der Waals surface area contributed by atoms with Crippen LogP contribution in [0.5, 0.6) is 0 Å². The second-order valence-corrected chi connectivity index (χ2v) is 5.72. The smallest absolute Gasteiger partial charge is 0.0770 e. The predicted molar refractivity (Wildman–Crippen MR) is 80.6 cm³/mol. The fourth-order valence-corrected chi connectivity index (χ4v) is 3.10. The van der Waals surface area contributed by atoms with Crippen molar-refractivity contribution in [3.63, 3.8) is 0 Å². The summed E-state index contributed by atoms with van der Waals surface area (Å²) in [4.78, 5) is 0. The lowest BCUT2D eigenvalue weighted by atomic mass is 10.0. The molecule has 18 heavy (non-hydrogen) atoms. The molecular formula is C13H15Br2N3. The Morgan fingerprint density at radius 2 is 2.00 bits per heavy atom. The van der Waals surface area contributed by atoms with E-state index in [4.69, 9.17) is 0 Å². The standard InChI is InChI=1S/C13H15Br2N3/c1-3-16-12(9-6-4-5-7-10(9)14)13-11(15)8-17-18(13)2/h4-8,12,16H,3H2,1-2H3. The molecule has 1 N–H and O–H groups in total. The highest BCUT2D eigenvalue weighted by Gasteiger charge is 2.21. The molecule has 0 aliphatic carbocycles. The van der Waals surface area contributed by atoms with E-state index in [-0.39, 0.29) is 6.04 Å². The van der Waals surface area contributed by atoms with Crippen molar-refractivity contribution in [3.05, 3.63) is 50.7 Å². The maximum Gasteiger partial charge on any atom is 0.0770 e. The molecular weight excluding hydrogens is 358 g/mol. The Morgan fingerprint density at radius 3 is 2.56 bits per heavy atom. The average molecular weight is 373 g/mol. The third-order valence-corrected chi connectivity index (χ3v) is 4.17. The maximum atomic E-state index is 4.29. The minimum Gasteiger partial charge on any atom is -0.305 e. The molecule has 0 radical (unpaired) electrons. The van der Waals surface area contributed by atoms with Crippen LogP contribution in [0, 0.1) is 0 Å². The zero-order valence-corrected chi connectivity index (χ0v) is 13.5. The van der Waals surface area contributed by atoms with E-state index in [1.165, 1.54) is 5.56 Å². The van der Waals surface area contributed by atoms with Crippen molar-refractivity contribution >= 4 is 31.9 Å². The number of hydrogen-bond acceptors (Lipinski definition) is 2. The van der Waals surface area contributed by atoms with Gasteiger partial charge in [-0.15, -0.1) is 0 Å². The van der Waals surface area contributed by atoms with E-state index in [1.807, 2.05) is 24.0 Å². The van der Waals surface area contributed by atoms with Crippen LogP contribution in [-0.2, 0) is 7.05 Å². The van der Waals surface area contributed by atoms with Gasteiger partial charge < -0.3 is 5.32 Å². The SMILES string of the molecule is CCNC(c1ccccc1Br)c1c(Br)cnn1C. The minimum atomic E-state index is 0.118. The highest BCUT2D eigenvalue weighted by molar-refractivity contribution is 9.10. The number of hydrogen-bond donors (Lipinski definition) is 1. The summed E-state index contributed by atoms with van der Waals surface area (Å²) >= 11 is 7.19. The fourth-order valence-electron chi connectivity index (χ4n) is 2.01. The Morgan fingerprint density at radius 1 is 1.28 bits per heavy atom. The quantitative estimate of drug-likeness (QED) is 0.887. The normalized spacial score (nSPS) is 12.7. The summed E-state index contributed by atoms with van der Waals surface area (Å²) in [5.74, 6) is 0. The molecule has 5 heteroatoms. The van der Waals surface area contributed by atoms with Crippen molar-refractivity contribution in [1.82, 2.24) is 15.1 Å². The summed E-state index contributed by atoms with van der Waals surface area (Å²) in [6, 6.07) is 8.37. The van der Waals surface area contributed by atoms with E-state index < -0.39 is 0 Å². The number of rotatable bonds is 4. The van der Waals surface area contributed by atoms with Gasteiger partial charge in [-0.2, -0.15) is 5.10 Å². The number of aromatic nitrogens is 2. The van der Waals surface area contributed by atoms with E-state index in [0.717, 1.165) is 21.2 Å². The van der Waals surface area contributed by atoms with E-state index in [2.05, 4.69) is 67.4 Å². The molecule has 0 aliphatic heterocycles. The van der Waals surface area contributed by atoms with Gasteiger partial charge in [-0.25, -0.2) is 0 Å². The van der Waals surface area contributed by atoms with Gasteiger partial charge >= 0.3 is 0 Å². The van der Waals surface area contributed by atoms with E-state index >= 15 is 0 Å². The van der Waals surface area contributed by atoms with Crippen LogP contribution in [-0.4, -0.2) is 16.3 Å². The Hall–Kier alpha value is -0.650. The van der Waals surface area contributed by atoms with E-state index in [9.17, 15) is 0 Å². The van der Waals surface area contributed by atoms with Crippen LogP contribution in [0.4, 0.5) is 0 Å². The molecule has 1 unspecified atom stereocenters. The summed E-state index contributed by atoms with van der Waals surface area (Å²) in [6.07, 6.45) is 1.83. The Kier molecular flexibility index (Phi) is 4.59. The number of benzene rings is 1. The largest absolute Gasteiger partial charge is 0.305 e. The average Bonchev–Trinajstić information content (AvgIpc) is 2.68. The molecule has 0 saturated carbocycles. The van der Waals surface area contributed by atoms with Crippen LogP contribution in [0.3, 0.4) is 0 Å². The van der Waals surface area contributed by atoms with Crippen LogP contribution < -0.4 is 5.32 Å². The molecule has 3 nitrogen and oxygen atoms in total. The van der Waals surface area contributed by atoms with Gasteiger partial charge in [0.2, 0.25) is 0 Å². The highest BCUT2D eigenvalue weighted by Crippen LogP contribution is 2.32. The molecule has 2 rings (SSSR count). The zero-order valence-electron chi connectivity index (χ0n) is 10.3. The van der Waals surface area contributed by atoms with Gasteiger partial charge in [-0.3, -0.25) is 4.68 Å². The minimum absolute atomic E-state index is 0.118. The lowest BCUT2D eigenvalue weighted by Gasteiger charge is -2.20. The lowest BCUT2D eigenvalue weighted by Crippen LogP contribution is -2.25. The molecule has 0 amide bonds. The molecule has 1 aromatic heterocycles. The Labute approximate surface area is 124 Å². The van der Waals surface area contributed by atoms with Crippen molar-refractivity contribution in [3.8, 4) is 0 Å². The molecule has 1 heterocycles. The third-order valence-electron chi connectivity index (χ3n) is 2.84. The van der Waals surface area contributed by atoms with E-state index in [0.29, 0.717) is 0 Å². The topological polar surface area (TPSA) is 29.9 Å². The van der Waals surface area contributed by atoms with Gasteiger partial charge in [-0.1, -0.05) is 41.1 Å². The van der Waals surface area contributed by atoms with Gasteiger partial charge in [0.05, 0.1) is 22.4 Å². The molecule has 0 saturated heterocycles. The zero-order chi connectivity index (χ0) is 13.1. The monoisotopic (exact) mass is 371 g/mol. The Bertz CT molecular complexity index is 517. The molecule has 0 bridgehead atoms. The number of halogens is 2. The highest BCUT2D eigenvalue weighted by atomic mass is 79.9. The van der Waals surface area contributed by atoms with Crippen LogP contribution in [0.25, 0.3) is 0 Å². The fraction of sp³-hybridized carbons (Fsp3) is 0.308. The number of aryl methyl sites for hydroxylation is 1. The summed E-state index contributed by atoms with van der Waals surface area (Å²) in [5.41, 5.74) is 2.34. The molecule has 1 aromatic carbocycles. The summed E-state index contributed by atoms with van der Waals surface area (Å²) in [5, 5.41) is 7.79. The third kappa shape index (κ3) is 2.68. The van der Waals surface area contributed by atoms with Gasteiger partial charge in [0, 0.05) is 11.5 Å². The first-order valence-corrected chi connectivity index (χ1v) is 7.39. The molecule has 0 fully saturated rings. The lowest BCUT2D eigenvalue weighted by molar-refractivity contribution is 0.569. The number of nitrogens with zero attached hydrogens (tertiary/aromatic N) is 2. The second kappa shape index (κ2) is 5.99. The first kappa shape index (κ1) is 13.8. The van der Waals surface area contributed by atoms with Crippen molar-refractivity contribution in [2.75, 3.05) is 6.54 Å². The van der Waals surface area contributed by atoms with Gasteiger partial charge in [0.1, 0.15) is 0 Å². The van der Waals surface area contributed by atoms with E-state index in [1.54, 1.807) is 0 Å². The first-order valence-electron chi connectivity index (χ1n) is 5.80. The predicted octanol–water partition coefficient (Wildman–Crippen LogP) is 3.64. The summed E-state index contributed by atoms with van der Waals surface area (Å²) in [7, 11) is 1.96. The molecule has 96 valence electrons. The summed E-state index contributed by atoms with van der Waals surface area (Å²) in [6.45, 7) is 3.00. The van der Waals surface area contributed by atoms with Crippen molar-refractivity contribution in [2.24, 2.45) is 7.05 Å². The van der Waals surface area contributed by atoms with Crippen molar-refractivity contribution in [2.45, 2.75) is 13.0 Å². The van der Waals surface area contributed by atoms with Crippen molar-refractivity contribution in [1.29, 1.82) is 0 Å². The molecule has 0 aliphatic rings. The van der Waals surface area contributed by atoms with Crippen LogP contribution in [0.2, 0.25) is 0 Å². The molecule has 2 aromatic rings. The first-order chi connectivity index (χ1) is 8.65. The van der Waals surface area contributed by atoms with Gasteiger partial charge in [0.15, 0.2) is 0 Å². The summed E-state index contributed by atoms with van der Waals surface area (Å²) < 4.78 is 4.02. The van der Waals surface area contributed by atoms with Crippen LogP contribution in [0.1, 0.15) is 24.2 Å². The molecule has 0 spiro atoms. The van der Waals surface area contributed by atoms with Gasteiger partial charge in [0.25, 0.3) is 0 Å². The number of nitrogens with one attached hydrogen (secondary N) is 1.